The molecule has 2 nitrogen and oxygen atoms in total. The van der Waals surface area contributed by atoms with Crippen molar-refractivity contribution in [1.82, 2.24) is 0 Å². The van der Waals surface area contributed by atoms with Gasteiger partial charge in [-0.15, -0.1) is 12.4 Å². The van der Waals surface area contributed by atoms with Crippen LogP contribution < -0.4 is 5.73 Å². The van der Waals surface area contributed by atoms with E-state index < -0.39 is 40.8 Å². The Kier molecular flexibility index (Phi) is 6.36. The molecule has 18 heavy (non-hydrogen) atoms. The van der Waals surface area contributed by atoms with Gasteiger partial charge in [-0.3, -0.25) is 0 Å². The molecule has 0 aliphatic rings. The highest BCUT2D eigenvalue weighted by Gasteiger charge is 2.36. The van der Waals surface area contributed by atoms with E-state index in [1.807, 2.05) is 0 Å². The highest BCUT2D eigenvalue weighted by atomic mass is 35.5. The number of alkyl halides is 3. The van der Waals surface area contributed by atoms with Gasteiger partial charge in [-0.05, 0) is 18.6 Å². The highest BCUT2D eigenvalue weighted by Crippen LogP contribution is 2.38. The Hall–Kier alpha value is -0.560. The van der Waals surface area contributed by atoms with E-state index in [0.717, 1.165) is 6.07 Å². The molecule has 1 atom stereocenters. The van der Waals surface area contributed by atoms with Gasteiger partial charge in [-0.1, -0.05) is 11.6 Å². The topological polar surface area (TPSA) is 46.2 Å². The van der Waals surface area contributed by atoms with Crippen molar-refractivity contribution in [2.45, 2.75) is 18.6 Å². The van der Waals surface area contributed by atoms with Crippen molar-refractivity contribution in [2.24, 2.45) is 5.73 Å². The lowest BCUT2D eigenvalue weighted by molar-refractivity contribution is -0.138. The van der Waals surface area contributed by atoms with E-state index in [1.165, 1.54) is 0 Å². The minimum absolute atomic E-state index is 0. The second kappa shape index (κ2) is 6.56. The third-order valence-corrected chi connectivity index (χ3v) is 2.54. The van der Waals surface area contributed by atoms with Crippen LogP contribution in [0.2, 0.25) is 5.02 Å². The summed E-state index contributed by atoms with van der Waals surface area (Å²) in [5.74, 6) is -1.19. The van der Waals surface area contributed by atoms with E-state index >= 15 is 0 Å². The fraction of sp³-hybridized carbons (Fsp3) is 0.400. The first kappa shape index (κ1) is 17.4. The Morgan fingerprint density at radius 2 is 1.89 bits per heavy atom. The molecule has 0 aromatic heterocycles. The molecule has 0 amide bonds. The van der Waals surface area contributed by atoms with Crippen molar-refractivity contribution in [3.63, 3.8) is 0 Å². The summed E-state index contributed by atoms with van der Waals surface area (Å²) in [6.45, 7) is -0.440. The molecule has 104 valence electrons. The Labute approximate surface area is 112 Å². The summed E-state index contributed by atoms with van der Waals surface area (Å²) in [4.78, 5) is 0. The minimum Gasteiger partial charge on any atom is -0.396 e. The number of hydrogen-bond acceptors (Lipinski definition) is 2. The number of aliphatic hydroxyl groups excluding tert-OH is 1. The smallest absolute Gasteiger partial charge is 0.396 e. The zero-order valence-electron chi connectivity index (χ0n) is 8.97. The van der Waals surface area contributed by atoms with Crippen LogP contribution in [0.3, 0.4) is 0 Å². The third kappa shape index (κ3) is 3.71. The van der Waals surface area contributed by atoms with Crippen LogP contribution in [0.4, 0.5) is 17.6 Å². The maximum Gasteiger partial charge on any atom is 0.416 e. The third-order valence-electron chi connectivity index (χ3n) is 2.25. The molecule has 0 unspecified atom stereocenters. The predicted molar refractivity (Wildman–Crippen MR) is 62.3 cm³/mol. The Morgan fingerprint density at radius 3 is 2.33 bits per heavy atom. The summed E-state index contributed by atoms with van der Waals surface area (Å²) in [6, 6.07) is 0.252. The number of aliphatic hydroxyl groups is 1. The molecule has 0 bridgehead atoms. The summed E-state index contributed by atoms with van der Waals surface area (Å²) >= 11 is 5.42. The van der Waals surface area contributed by atoms with E-state index in [2.05, 4.69) is 0 Å². The van der Waals surface area contributed by atoms with Gasteiger partial charge in [0.2, 0.25) is 0 Å². The number of halogens is 6. The van der Waals surface area contributed by atoms with E-state index in [9.17, 15) is 17.6 Å². The van der Waals surface area contributed by atoms with Crippen LogP contribution in [0.15, 0.2) is 12.1 Å². The van der Waals surface area contributed by atoms with Gasteiger partial charge in [0.15, 0.2) is 0 Å². The molecule has 1 aromatic rings. The van der Waals surface area contributed by atoms with Crippen LogP contribution in [0.5, 0.6) is 0 Å². The second-order valence-corrected chi connectivity index (χ2v) is 3.85. The zero-order chi connectivity index (χ0) is 13.2. The van der Waals surface area contributed by atoms with Crippen LogP contribution in [-0.4, -0.2) is 11.7 Å². The second-order valence-electron chi connectivity index (χ2n) is 3.44. The van der Waals surface area contributed by atoms with Gasteiger partial charge in [0.25, 0.3) is 0 Å². The van der Waals surface area contributed by atoms with Gasteiger partial charge >= 0.3 is 6.18 Å². The summed E-state index contributed by atoms with van der Waals surface area (Å²) in [6.07, 6.45) is -4.89. The van der Waals surface area contributed by atoms with Crippen molar-refractivity contribution in [3.05, 3.63) is 34.1 Å². The lowest BCUT2D eigenvalue weighted by Crippen LogP contribution is -2.20. The molecule has 0 spiro atoms. The van der Waals surface area contributed by atoms with E-state index in [1.54, 1.807) is 0 Å². The molecule has 0 aliphatic carbocycles. The number of rotatable bonds is 3. The maximum atomic E-state index is 13.6. The van der Waals surface area contributed by atoms with Gasteiger partial charge < -0.3 is 10.8 Å². The van der Waals surface area contributed by atoms with Gasteiger partial charge in [0, 0.05) is 18.2 Å². The van der Waals surface area contributed by atoms with Crippen molar-refractivity contribution in [1.29, 1.82) is 0 Å². The monoisotopic (exact) mass is 307 g/mol. The lowest BCUT2D eigenvalue weighted by Gasteiger charge is -2.19. The standard InChI is InChI=1S/C10H10ClF4NO.ClH/c11-6-2-1-5(10(13,14)15)8(9(6)12)7(16)3-4-17;/h1-2,7,17H,3-4,16H2;1H/t7-;/m1./s1. The van der Waals surface area contributed by atoms with Crippen LogP contribution in [-0.2, 0) is 6.18 Å². The zero-order valence-corrected chi connectivity index (χ0v) is 10.5. The molecule has 1 aromatic carbocycles. The fourth-order valence-electron chi connectivity index (χ4n) is 1.46. The first-order valence-corrected chi connectivity index (χ1v) is 5.08. The molecule has 0 fully saturated rings. The molecule has 0 heterocycles. The van der Waals surface area contributed by atoms with E-state index in [0.29, 0.717) is 6.07 Å². The highest BCUT2D eigenvalue weighted by molar-refractivity contribution is 6.30. The average molecular weight is 308 g/mol. The Bertz CT molecular complexity index is 412. The van der Waals surface area contributed by atoms with Gasteiger partial charge in [-0.25, -0.2) is 4.39 Å². The first-order valence-electron chi connectivity index (χ1n) is 4.70. The maximum absolute atomic E-state index is 13.6. The van der Waals surface area contributed by atoms with Gasteiger partial charge in [-0.2, -0.15) is 13.2 Å². The van der Waals surface area contributed by atoms with Crippen molar-refractivity contribution in [2.75, 3.05) is 6.61 Å². The summed E-state index contributed by atoms with van der Waals surface area (Å²) in [7, 11) is 0. The molecule has 1 rings (SSSR count). The van der Waals surface area contributed by atoms with Crippen molar-refractivity contribution < 1.29 is 22.7 Å². The van der Waals surface area contributed by atoms with E-state index in [4.69, 9.17) is 22.4 Å². The Balaban J connectivity index is 0.00000289. The molecule has 8 heteroatoms. The van der Waals surface area contributed by atoms with Crippen molar-refractivity contribution >= 4 is 24.0 Å². The summed E-state index contributed by atoms with van der Waals surface area (Å²) in [5, 5.41) is 8.21. The molecular weight excluding hydrogens is 297 g/mol. The molecule has 3 N–H and O–H groups in total. The summed E-state index contributed by atoms with van der Waals surface area (Å²) in [5.41, 5.74) is 3.54. The Morgan fingerprint density at radius 1 is 1.33 bits per heavy atom. The number of nitrogens with two attached hydrogens (primary N) is 1. The molecule has 0 aliphatic heterocycles. The fourth-order valence-corrected chi connectivity index (χ4v) is 1.62. The molecule has 0 saturated carbocycles. The molecular formula is C10H11Cl2F4NO. The van der Waals surface area contributed by atoms with Crippen LogP contribution in [0.1, 0.15) is 23.6 Å². The predicted octanol–water partition coefficient (Wildman–Crippen LogP) is 3.30. The number of hydrogen-bond donors (Lipinski definition) is 2. The largest absolute Gasteiger partial charge is 0.416 e. The SMILES string of the molecule is Cl.N[C@H](CCO)c1c(C(F)(F)F)ccc(Cl)c1F. The van der Waals surface area contributed by atoms with Crippen LogP contribution in [0.25, 0.3) is 0 Å². The average Bonchev–Trinajstić information content (AvgIpc) is 2.20. The molecule has 0 saturated heterocycles. The van der Waals surface area contributed by atoms with Crippen LogP contribution in [0, 0.1) is 5.82 Å². The first-order chi connectivity index (χ1) is 7.79. The van der Waals surface area contributed by atoms with E-state index in [-0.39, 0.29) is 18.8 Å². The van der Waals surface area contributed by atoms with Crippen molar-refractivity contribution in [3.8, 4) is 0 Å². The molecule has 0 radical (unpaired) electrons. The normalized spacial score (nSPS) is 13.1. The van der Waals surface area contributed by atoms with Gasteiger partial charge in [0.1, 0.15) is 5.82 Å². The summed E-state index contributed by atoms with van der Waals surface area (Å²) < 4.78 is 51.5. The minimum atomic E-state index is -4.71. The lowest BCUT2D eigenvalue weighted by atomic mass is 9.97. The quantitative estimate of drug-likeness (QED) is 0.842. The van der Waals surface area contributed by atoms with Crippen LogP contribution >= 0.6 is 24.0 Å². The van der Waals surface area contributed by atoms with Gasteiger partial charge in [0.05, 0.1) is 10.6 Å². The number of benzene rings is 1.